The molecule has 1 aromatic rings. The Bertz CT molecular complexity index is 855. The number of sulfonamides is 1. The number of rotatable bonds is 6. The van der Waals surface area contributed by atoms with Gasteiger partial charge in [-0.2, -0.15) is 20.1 Å². The van der Waals surface area contributed by atoms with Gasteiger partial charge in [-0.3, -0.25) is 0 Å². The topological polar surface area (TPSA) is 121 Å². The van der Waals surface area contributed by atoms with Crippen molar-refractivity contribution in [3.63, 3.8) is 0 Å². The van der Waals surface area contributed by atoms with Gasteiger partial charge >= 0.3 is 0 Å². The molecule has 1 rings (SSSR count). The molecule has 0 saturated carbocycles. The van der Waals surface area contributed by atoms with E-state index in [1.165, 1.54) is 28.6 Å². The average molecular weight is 357 g/mol. The van der Waals surface area contributed by atoms with E-state index < -0.39 is 10.0 Å². The molecule has 0 fully saturated rings. The summed E-state index contributed by atoms with van der Waals surface area (Å²) in [5, 5.41) is 29.3. The SMILES string of the molecule is CC(C)N(C(C)C)S(=O)(=O)c1ccc(NC(C#N)=C(C#N)C#N)cc1. The van der Waals surface area contributed by atoms with Crippen LogP contribution in [0.5, 0.6) is 0 Å². The largest absolute Gasteiger partial charge is 0.345 e. The first-order valence-electron chi connectivity index (χ1n) is 7.54. The van der Waals surface area contributed by atoms with Crippen molar-refractivity contribution in [2.75, 3.05) is 5.32 Å². The highest BCUT2D eigenvalue weighted by Gasteiger charge is 2.29. The van der Waals surface area contributed by atoms with Crippen molar-refractivity contribution in [3.8, 4) is 18.2 Å². The molecule has 0 unspecified atom stereocenters. The van der Waals surface area contributed by atoms with Crippen molar-refractivity contribution in [1.29, 1.82) is 15.8 Å². The minimum Gasteiger partial charge on any atom is -0.345 e. The first-order chi connectivity index (χ1) is 11.7. The first kappa shape index (κ1) is 20.2. The van der Waals surface area contributed by atoms with Crippen molar-refractivity contribution in [2.45, 2.75) is 44.7 Å². The Morgan fingerprint density at radius 2 is 1.44 bits per heavy atom. The third-order valence-electron chi connectivity index (χ3n) is 3.30. The van der Waals surface area contributed by atoms with Gasteiger partial charge in [0.15, 0.2) is 5.57 Å². The molecular formula is C17H19N5O2S. The second-order valence-corrected chi connectivity index (χ2v) is 7.60. The maximum Gasteiger partial charge on any atom is 0.243 e. The summed E-state index contributed by atoms with van der Waals surface area (Å²) in [5.74, 6) is 0. The van der Waals surface area contributed by atoms with Crippen LogP contribution < -0.4 is 5.32 Å². The van der Waals surface area contributed by atoms with Gasteiger partial charge in [-0.05, 0) is 52.0 Å². The van der Waals surface area contributed by atoms with Crippen LogP contribution in [0.2, 0.25) is 0 Å². The lowest BCUT2D eigenvalue weighted by atomic mass is 10.2. The molecule has 0 aliphatic rings. The monoisotopic (exact) mass is 357 g/mol. The lowest BCUT2D eigenvalue weighted by molar-refractivity contribution is 0.302. The molecule has 25 heavy (non-hydrogen) atoms. The zero-order valence-corrected chi connectivity index (χ0v) is 15.3. The van der Waals surface area contributed by atoms with Crippen LogP contribution in [0.15, 0.2) is 40.4 Å². The molecule has 0 aromatic heterocycles. The van der Waals surface area contributed by atoms with Crippen molar-refractivity contribution < 1.29 is 8.42 Å². The minimum absolute atomic E-state index is 0.128. The van der Waals surface area contributed by atoms with E-state index in [1.54, 1.807) is 18.2 Å². The molecule has 0 saturated heterocycles. The van der Waals surface area contributed by atoms with Gasteiger partial charge in [0.25, 0.3) is 0 Å². The standard InChI is InChI=1S/C17H19N5O2S/c1-12(2)22(13(3)4)25(23,24)16-7-5-15(6-8-16)21-17(11-20)14(9-18)10-19/h5-8,12-13,21H,1-4H3. The van der Waals surface area contributed by atoms with Crippen molar-refractivity contribution in [3.05, 3.63) is 35.5 Å². The van der Waals surface area contributed by atoms with E-state index in [1.807, 2.05) is 27.7 Å². The Balaban J connectivity index is 3.21. The summed E-state index contributed by atoms with van der Waals surface area (Å²) < 4.78 is 26.9. The van der Waals surface area contributed by atoms with Crippen LogP contribution in [0.4, 0.5) is 5.69 Å². The number of nitrogens with zero attached hydrogens (tertiary/aromatic N) is 4. The van der Waals surface area contributed by atoms with Gasteiger partial charge in [0.1, 0.15) is 23.9 Å². The van der Waals surface area contributed by atoms with Crippen molar-refractivity contribution >= 4 is 15.7 Å². The molecule has 130 valence electrons. The predicted molar refractivity (Wildman–Crippen MR) is 93.2 cm³/mol. The highest BCUT2D eigenvalue weighted by atomic mass is 32.2. The molecule has 1 N–H and O–H groups in total. The highest BCUT2D eigenvalue weighted by Crippen LogP contribution is 2.23. The van der Waals surface area contributed by atoms with Crippen LogP contribution in [0.25, 0.3) is 0 Å². The quantitative estimate of drug-likeness (QED) is 0.781. The number of benzene rings is 1. The fourth-order valence-electron chi connectivity index (χ4n) is 2.41. The molecule has 0 aliphatic carbocycles. The lowest BCUT2D eigenvalue weighted by Crippen LogP contribution is -2.41. The molecule has 0 spiro atoms. The third-order valence-corrected chi connectivity index (χ3v) is 5.57. The van der Waals surface area contributed by atoms with E-state index in [2.05, 4.69) is 5.32 Å². The highest BCUT2D eigenvalue weighted by molar-refractivity contribution is 7.89. The van der Waals surface area contributed by atoms with Crippen LogP contribution >= 0.6 is 0 Å². The van der Waals surface area contributed by atoms with E-state index in [4.69, 9.17) is 15.8 Å². The van der Waals surface area contributed by atoms with Gasteiger partial charge in [0.05, 0.1) is 4.90 Å². The molecule has 0 bridgehead atoms. The molecule has 0 aliphatic heterocycles. The predicted octanol–water partition coefficient (Wildman–Crippen LogP) is 2.73. The Hall–Kier alpha value is -2.86. The van der Waals surface area contributed by atoms with Gasteiger partial charge in [-0.25, -0.2) is 8.42 Å². The van der Waals surface area contributed by atoms with Crippen LogP contribution in [0.1, 0.15) is 27.7 Å². The average Bonchev–Trinajstić information content (AvgIpc) is 2.54. The third kappa shape index (κ3) is 4.58. The maximum absolute atomic E-state index is 12.8. The minimum atomic E-state index is -3.65. The zero-order chi connectivity index (χ0) is 19.2. The maximum atomic E-state index is 12.8. The second kappa shape index (κ2) is 8.30. The number of allylic oxidation sites excluding steroid dienone is 2. The molecule has 0 atom stereocenters. The fraction of sp³-hybridized carbons (Fsp3) is 0.353. The zero-order valence-electron chi connectivity index (χ0n) is 14.5. The van der Waals surface area contributed by atoms with Gasteiger partial charge in [-0.1, -0.05) is 0 Å². The van der Waals surface area contributed by atoms with Crippen LogP contribution in [0, 0.1) is 34.0 Å². The molecule has 1 aromatic carbocycles. The Morgan fingerprint density at radius 3 is 1.80 bits per heavy atom. The molecule has 0 radical (unpaired) electrons. The van der Waals surface area contributed by atoms with Crippen LogP contribution in [-0.2, 0) is 10.0 Å². The fourth-order valence-corrected chi connectivity index (χ4v) is 4.24. The number of hydrogen-bond donors (Lipinski definition) is 1. The summed E-state index contributed by atoms with van der Waals surface area (Å²) in [7, 11) is -3.65. The Labute approximate surface area is 148 Å². The Morgan fingerprint density at radius 1 is 0.960 bits per heavy atom. The number of nitrogens with one attached hydrogen (secondary N) is 1. The summed E-state index contributed by atoms with van der Waals surface area (Å²) in [6.45, 7) is 7.23. The summed E-state index contributed by atoms with van der Waals surface area (Å²) in [5.41, 5.74) is -0.129. The number of nitriles is 3. The van der Waals surface area contributed by atoms with Gasteiger partial charge in [-0.15, -0.1) is 0 Å². The van der Waals surface area contributed by atoms with Crippen molar-refractivity contribution in [1.82, 2.24) is 4.31 Å². The van der Waals surface area contributed by atoms with Gasteiger partial charge in [0.2, 0.25) is 10.0 Å². The van der Waals surface area contributed by atoms with Crippen molar-refractivity contribution in [2.24, 2.45) is 0 Å². The van der Waals surface area contributed by atoms with E-state index in [-0.39, 0.29) is 28.2 Å². The van der Waals surface area contributed by atoms with Gasteiger partial charge < -0.3 is 5.32 Å². The van der Waals surface area contributed by atoms with E-state index >= 15 is 0 Å². The van der Waals surface area contributed by atoms with E-state index in [0.29, 0.717) is 5.69 Å². The summed E-state index contributed by atoms with van der Waals surface area (Å²) in [6.07, 6.45) is 0. The number of hydrogen-bond acceptors (Lipinski definition) is 6. The summed E-state index contributed by atoms with van der Waals surface area (Å²) in [6, 6.07) is 10.4. The molecule has 7 nitrogen and oxygen atoms in total. The smallest absolute Gasteiger partial charge is 0.243 e. The molecular weight excluding hydrogens is 338 g/mol. The molecule has 0 heterocycles. The summed E-state index contributed by atoms with van der Waals surface area (Å²) in [4.78, 5) is 0.128. The molecule has 0 amide bonds. The van der Waals surface area contributed by atoms with Crippen LogP contribution in [0.3, 0.4) is 0 Å². The summed E-state index contributed by atoms with van der Waals surface area (Å²) >= 11 is 0. The first-order valence-corrected chi connectivity index (χ1v) is 8.98. The Kier molecular flexibility index (Phi) is 6.70. The second-order valence-electron chi connectivity index (χ2n) is 5.76. The van der Waals surface area contributed by atoms with Gasteiger partial charge in [0, 0.05) is 17.8 Å². The number of anilines is 1. The normalized spacial score (nSPS) is 10.9. The van der Waals surface area contributed by atoms with E-state index in [0.717, 1.165) is 0 Å². The van der Waals surface area contributed by atoms with E-state index in [9.17, 15) is 8.42 Å². The lowest BCUT2D eigenvalue weighted by Gasteiger charge is -2.29. The van der Waals surface area contributed by atoms with Crippen LogP contribution in [-0.4, -0.2) is 24.8 Å². The molecule has 8 heteroatoms.